The first kappa shape index (κ1) is 14.9. The maximum atomic E-state index is 6.00. The van der Waals surface area contributed by atoms with Crippen LogP contribution in [0, 0.1) is 5.92 Å². The van der Waals surface area contributed by atoms with Gasteiger partial charge >= 0.3 is 0 Å². The summed E-state index contributed by atoms with van der Waals surface area (Å²) in [6, 6.07) is 0. The second-order valence-electron chi connectivity index (χ2n) is 5.36. The van der Waals surface area contributed by atoms with Crippen molar-refractivity contribution < 1.29 is 9.47 Å². The van der Waals surface area contributed by atoms with Crippen LogP contribution in [-0.2, 0) is 9.47 Å². The first-order chi connectivity index (χ1) is 8.06. The van der Waals surface area contributed by atoms with Gasteiger partial charge in [0, 0.05) is 20.2 Å². The molecule has 1 rings (SSSR count). The van der Waals surface area contributed by atoms with Crippen molar-refractivity contribution in [1.29, 1.82) is 0 Å². The van der Waals surface area contributed by atoms with E-state index in [0.29, 0.717) is 25.2 Å². The zero-order chi connectivity index (χ0) is 12.9. The Kier molecular flexibility index (Phi) is 5.86. The predicted molar refractivity (Wildman–Crippen MR) is 70.1 cm³/mol. The van der Waals surface area contributed by atoms with Crippen molar-refractivity contribution >= 4 is 0 Å². The SMILES string of the molecule is COCC(CN)(C1CC1)N(C)CCOC(C)C. The standard InChI is InChI=1S/C13H28N2O2/c1-11(2)17-8-7-15(3)13(9-14,10-16-4)12-5-6-12/h11-12H,5-10,14H2,1-4H3. The lowest BCUT2D eigenvalue weighted by atomic mass is 9.92. The quantitative estimate of drug-likeness (QED) is 0.660. The van der Waals surface area contributed by atoms with E-state index in [1.54, 1.807) is 7.11 Å². The van der Waals surface area contributed by atoms with E-state index in [2.05, 4.69) is 25.8 Å². The molecule has 0 aromatic carbocycles. The number of methoxy groups -OCH3 is 1. The fourth-order valence-electron chi connectivity index (χ4n) is 2.44. The Morgan fingerprint density at radius 2 is 2.06 bits per heavy atom. The van der Waals surface area contributed by atoms with Gasteiger partial charge in [0.25, 0.3) is 0 Å². The third kappa shape index (κ3) is 3.91. The van der Waals surface area contributed by atoms with E-state index in [1.807, 2.05) is 0 Å². The van der Waals surface area contributed by atoms with Crippen LogP contribution >= 0.6 is 0 Å². The second-order valence-corrected chi connectivity index (χ2v) is 5.36. The van der Waals surface area contributed by atoms with Crippen LogP contribution in [0.5, 0.6) is 0 Å². The van der Waals surface area contributed by atoms with Gasteiger partial charge in [0.15, 0.2) is 0 Å². The Labute approximate surface area is 105 Å². The zero-order valence-corrected chi connectivity index (χ0v) is 11.7. The highest BCUT2D eigenvalue weighted by Crippen LogP contribution is 2.42. The molecule has 1 atom stereocenters. The van der Waals surface area contributed by atoms with Crippen LogP contribution in [0.4, 0.5) is 0 Å². The van der Waals surface area contributed by atoms with Crippen LogP contribution < -0.4 is 5.73 Å². The molecule has 0 spiro atoms. The van der Waals surface area contributed by atoms with Gasteiger partial charge in [0.1, 0.15) is 0 Å². The van der Waals surface area contributed by atoms with Crippen molar-refractivity contribution in [3.05, 3.63) is 0 Å². The Morgan fingerprint density at radius 1 is 1.41 bits per heavy atom. The van der Waals surface area contributed by atoms with Gasteiger partial charge in [0.2, 0.25) is 0 Å². The Bertz CT molecular complexity index is 219. The van der Waals surface area contributed by atoms with E-state index in [4.69, 9.17) is 15.2 Å². The fraction of sp³-hybridized carbons (Fsp3) is 1.00. The second kappa shape index (κ2) is 6.69. The summed E-state index contributed by atoms with van der Waals surface area (Å²) in [4.78, 5) is 2.33. The molecule has 4 heteroatoms. The van der Waals surface area contributed by atoms with Crippen LogP contribution in [0.15, 0.2) is 0 Å². The molecule has 0 bridgehead atoms. The Hall–Kier alpha value is -0.160. The average molecular weight is 244 g/mol. The molecular weight excluding hydrogens is 216 g/mol. The van der Waals surface area contributed by atoms with Crippen LogP contribution in [0.3, 0.4) is 0 Å². The van der Waals surface area contributed by atoms with Gasteiger partial charge in [-0.2, -0.15) is 0 Å². The summed E-state index contributed by atoms with van der Waals surface area (Å²) in [7, 11) is 3.89. The van der Waals surface area contributed by atoms with Crippen molar-refractivity contribution in [2.24, 2.45) is 11.7 Å². The van der Waals surface area contributed by atoms with Crippen LogP contribution in [0.25, 0.3) is 0 Å². The van der Waals surface area contributed by atoms with Gasteiger partial charge in [-0.05, 0) is 39.7 Å². The van der Waals surface area contributed by atoms with Gasteiger partial charge in [-0.15, -0.1) is 0 Å². The molecule has 1 aliphatic carbocycles. The monoisotopic (exact) mass is 244 g/mol. The molecular formula is C13H28N2O2. The number of likely N-dealkylation sites (N-methyl/N-ethyl adjacent to an activating group) is 1. The third-order valence-corrected chi connectivity index (χ3v) is 3.72. The first-order valence-electron chi connectivity index (χ1n) is 6.58. The van der Waals surface area contributed by atoms with Crippen molar-refractivity contribution in [3.8, 4) is 0 Å². The number of hydrogen-bond donors (Lipinski definition) is 1. The Morgan fingerprint density at radius 3 is 2.47 bits per heavy atom. The maximum absolute atomic E-state index is 6.00. The third-order valence-electron chi connectivity index (χ3n) is 3.72. The fourth-order valence-corrected chi connectivity index (χ4v) is 2.44. The summed E-state index contributed by atoms with van der Waals surface area (Å²) in [5.41, 5.74) is 6.01. The molecule has 0 radical (unpaired) electrons. The summed E-state index contributed by atoms with van der Waals surface area (Å²) in [5, 5.41) is 0. The molecule has 4 nitrogen and oxygen atoms in total. The lowest BCUT2D eigenvalue weighted by Gasteiger charge is -2.41. The largest absolute Gasteiger partial charge is 0.383 e. The molecule has 1 fully saturated rings. The van der Waals surface area contributed by atoms with E-state index in [1.165, 1.54) is 12.8 Å². The minimum absolute atomic E-state index is 0.00902. The Balaban J connectivity index is 2.50. The number of rotatable bonds is 9. The van der Waals surface area contributed by atoms with Gasteiger partial charge in [-0.25, -0.2) is 0 Å². The molecule has 0 aromatic heterocycles. The topological polar surface area (TPSA) is 47.7 Å². The predicted octanol–water partition coefficient (Wildman–Crippen LogP) is 1.10. The summed E-state index contributed by atoms with van der Waals surface area (Å²) in [5.74, 6) is 0.691. The number of nitrogens with zero attached hydrogens (tertiary/aromatic N) is 1. The lowest BCUT2D eigenvalue weighted by molar-refractivity contribution is -0.0105. The number of ether oxygens (including phenoxy) is 2. The van der Waals surface area contributed by atoms with Gasteiger partial charge < -0.3 is 15.2 Å². The minimum Gasteiger partial charge on any atom is -0.383 e. The minimum atomic E-state index is 0.00902. The molecule has 2 N–H and O–H groups in total. The summed E-state index contributed by atoms with van der Waals surface area (Å²) >= 11 is 0. The number of hydrogen-bond acceptors (Lipinski definition) is 4. The van der Waals surface area contributed by atoms with E-state index in [9.17, 15) is 0 Å². The van der Waals surface area contributed by atoms with Gasteiger partial charge in [-0.3, -0.25) is 4.90 Å². The molecule has 0 aromatic rings. The highest BCUT2D eigenvalue weighted by molar-refractivity contribution is 5.02. The smallest absolute Gasteiger partial charge is 0.0661 e. The van der Waals surface area contributed by atoms with E-state index >= 15 is 0 Å². The molecule has 0 saturated heterocycles. The van der Waals surface area contributed by atoms with E-state index in [-0.39, 0.29) is 5.54 Å². The summed E-state index contributed by atoms with van der Waals surface area (Å²) < 4.78 is 11.0. The summed E-state index contributed by atoms with van der Waals surface area (Å²) in [6.45, 7) is 7.16. The van der Waals surface area contributed by atoms with Crippen molar-refractivity contribution in [1.82, 2.24) is 4.90 Å². The highest BCUT2D eigenvalue weighted by Gasteiger charge is 2.47. The molecule has 0 amide bonds. The zero-order valence-electron chi connectivity index (χ0n) is 11.7. The molecule has 1 aliphatic rings. The first-order valence-corrected chi connectivity index (χ1v) is 6.58. The van der Waals surface area contributed by atoms with Gasteiger partial charge in [-0.1, -0.05) is 0 Å². The van der Waals surface area contributed by atoms with Gasteiger partial charge in [0.05, 0.1) is 24.9 Å². The highest BCUT2D eigenvalue weighted by atomic mass is 16.5. The molecule has 1 saturated carbocycles. The normalized spacial score (nSPS) is 19.9. The van der Waals surface area contributed by atoms with Crippen LogP contribution in [0.1, 0.15) is 26.7 Å². The molecule has 0 aliphatic heterocycles. The van der Waals surface area contributed by atoms with Crippen LogP contribution in [-0.4, -0.2) is 57.0 Å². The summed E-state index contributed by atoms with van der Waals surface area (Å²) in [6.07, 6.45) is 2.84. The van der Waals surface area contributed by atoms with E-state index < -0.39 is 0 Å². The molecule has 1 unspecified atom stereocenters. The number of nitrogens with two attached hydrogens (primary N) is 1. The van der Waals surface area contributed by atoms with Crippen molar-refractivity contribution in [3.63, 3.8) is 0 Å². The average Bonchev–Trinajstić information content (AvgIpc) is 3.09. The maximum Gasteiger partial charge on any atom is 0.0661 e. The molecule has 102 valence electrons. The lowest BCUT2D eigenvalue weighted by Crippen LogP contribution is -2.58. The van der Waals surface area contributed by atoms with E-state index in [0.717, 1.165) is 13.2 Å². The molecule has 0 heterocycles. The van der Waals surface area contributed by atoms with Crippen molar-refractivity contribution in [2.45, 2.75) is 38.3 Å². The molecule has 17 heavy (non-hydrogen) atoms. The van der Waals surface area contributed by atoms with Crippen molar-refractivity contribution in [2.75, 3.05) is 40.5 Å². The van der Waals surface area contributed by atoms with Crippen LogP contribution in [0.2, 0.25) is 0 Å².